The fourth-order valence-corrected chi connectivity index (χ4v) is 7.66. The van der Waals surface area contributed by atoms with E-state index in [0.29, 0.717) is 29.7 Å². The van der Waals surface area contributed by atoms with Crippen LogP contribution < -0.4 is 11.1 Å². The predicted octanol–water partition coefficient (Wildman–Crippen LogP) is 4.40. The molecule has 1 amide bonds. The van der Waals surface area contributed by atoms with Crippen LogP contribution in [-0.2, 0) is 10.2 Å². The average Bonchev–Trinajstić information content (AvgIpc) is 2.72. The van der Waals surface area contributed by atoms with Crippen molar-refractivity contribution in [2.75, 3.05) is 6.54 Å². The van der Waals surface area contributed by atoms with Crippen LogP contribution in [0.4, 0.5) is 0 Å². The van der Waals surface area contributed by atoms with Gasteiger partial charge in [0.25, 0.3) is 0 Å². The van der Waals surface area contributed by atoms with E-state index < -0.39 is 0 Å². The average molecular weight is 381 g/mol. The Morgan fingerprint density at radius 1 is 1.04 bits per heavy atom. The summed E-state index contributed by atoms with van der Waals surface area (Å²) >= 11 is 0. The van der Waals surface area contributed by atoms with Gasteiger partial charge < -0.3 is 11.1 Å². The lowest BCUT2D eigenvalue weighted by Crippen LogP contribution is -2.62. The fourth-order valence-electron chi connectivity index (χ4n) is 7.66. The summed E-state index contributed by atoms with van der Waals surface area (Å²) in [4.78, 5) is 13.7. The third-order valence-electron chi connectivity index (χ3n) is 9.16. The van der Waals surface area contributed by atoms with Crippen molar-refractivity contribution in [2.45, 2.75) is 76.2 Å². The summed E-state index contributed by atoms with van der Waals surface area (Å²) in [6.07, 6.45) is 10.4. The molecule has 0 aromatic heterocycles. The minimum Gasteiger partial charge on any atom is -0.353 e. The molecule has 5 aliphatic rings. The molecule has 3 N–H and O–H groups in total. The zero-order chi connectivity index (χ0) is 19.4. The van der Waals surface area contributed by atoms with Crippen molar-refractivity contribution in [1.29, 1.82) is 0 Å². The molecule has 3 heteroatoms. The SMILES string of the molecule is CC1C2CC3(C(=O)N[C@H]4CC[C@H](CN)CC4)CC1CC(c1ccccc1)(C2)C3. The molecule has 5 saturated carbocycles. The van der Waals surface area contributed by atoms with Gasteiger partial charge in [-0.05, 0) is 99.0 Å². The first-order valence-corrected chi connectivity index (χ1v) is 11.6. The number of carbonyl (C=O) groups is 1. The summed E-state index contributed by atoms with van der Waals surface area (Å²) < 4.78 is 0. The maximum atomic E-state index is 13.7. The largest absolute Gasteiger partial charge is 0.353 e. The number of rotatable bonds is 4. The first-order valence-electron chi connectivity index (χ1n) is 11.6. The van der Waals surface area contributed by atoms with Crippen molar-refractivity contribution in [3.05, 3.63) is 35.9 Å². The molecular formula is C25H36N2O. The van der Waals surface area contributed by atoms with Gasteiger partial charge in [-0.3, -0.25) is 4.79 Å². The molecule has 3 nitrogen and oxygen atoms in total. The highest BCUT2D eigenvalue weighted by atomic mass is 16.2. The quantitative estimate of drug-likeness (QED) is 0.813. The molecule has 1 aromatic rings. The van der Waals surface area contributed by atoms with E-state index in [2.05, 4.69) is 42.6 Å². The zero-order valence-corrected chi connectivity index (χ0v) is 17.3. The van der Waals surface area contributed by atoms with Crippen LogP contribution in [0.3, 0.4) is 0 Å². The molecule has 152 valence electrons. The molecule has 1 aromatic carbocycles. The second-order valence-electron chi connectivity index (χ2n) is 10.7. The molecule has 0 radical (unpaired) electrons. The maximum Gasteiger partial charge on any atom is 0.226 e. The van der Waals surface area contributed by atoms with Crippen LogP contribution in [-0.4, -0.2) is 18.5 Å². The van der Waals surface area contributed by atoms with Crippen LogP contribution in [0.15, 0.2) is 30.3 Å². The first kappa shape index (κ1) is 18.7. The Labute approximate surface area is 169 Å². The second kappa shape index (κ2) is 6.86. The molecule has 4 bridgehead atoms. The summed E-state index contributed by atoms with van der Waals surface area (Å²) in [5.41, 5.74) is 7.44. The number of carbonyl (C=O) groups excluding carboxylic acids is 1. The van der Waals surface area contributed by atoms with Crippen LogP contribution in [0.1, 0.15) is 70.3 Å². The highest BCUT2D eigenvalue weighted by Crippen LogP contribution is 2.67. The van der Waals surface area contributed by atoms with Gasteiger partial charge in [0.15, 0.2) is 0 Å². The lowest BCUT2D eigenvalue weighted by Gasteiger charge is -2.64. The summed E-state index contributed by atoms with van der Waals surface area (Å²) in [5, 5.41) is 3.52. The number of nitrogens with two attached hydrogens (primary N) is 1. The molecular weight excluding hydrogens is 344 g/mol. The first-order chi connectivity index (χ1) is 13.5. The number of amides is 1. The topological polar surface area (TPSA) is 55.1 Å². The van der Waals surface area contributed by atoms with Crippen LogP contribution in [0, 0.1) is 29.1 Å². The van der Waals surface area contributed by atoms with Crippen molar-refractivity contribution in [1.82, 2.24) is 5.32 Å². The van der Waals surface area contributed by atoms with Gasteiger partial charge in [-0.25, -0.2) is 0 Å². The van der Waals surface area contributed by atoms with Gasteiger partial charge in [0.2, 0.25) is 5.91 Å². The molecule has 6 rings (SSSR count). The monoisotopic (exact) mass is 380 g/mol. The molecule has 5 fully saturated rings. The van der Waals surface area contributed by atoms with E-state index in [4.69, 9.17) is 5.73 Å². The molecule has 0 saturated heterocycles. The van der Waals surface area contributed by atoms with Crippen molar-refractivity contribution >= 4 is 5.91 Å². The van der Waals surface area contributed by atoms with E-state index in [1.54, 1.807) is 0 Å². The summed E-state index contributed by atoms with van der Waals surface area (Å²) in [6, 6.07) is 11.5. The Morgan fingerprint density at radius 2 is 1.68 bits per heavy atom. The maximum absolute atomic E-state index is 13.7. The van der Waals surface area contributed by atoms with Crippen LogP contribution in [0.2, 0.25) is 0 Å². The Hall–Kier alpha value is -1.35. The van der Waals surface area contributed by atoms with E-state index in [-0.39, 0.29) is 10.8 Å². The van der Waals surface area contributed by atoms with E-state index in [9.17, 15) is 4.79 Å². The minimum atomic E-state index is -0.126. The standard InChI is InChI=1S/C25H36N2O/c1-17-19-11-24(21-5-3-2-4-6-21)12-20(17)14-25(13-19,16-24)23(28)27-22-9-7-18(15-26)8-10-22/h2-6,17-20,22H,7-16,26H2,1H3,(H,27,28)/t17?,18-,19?,20?,22-,24?,25?. The van der Waals surface area contributed by atoms with Gasteiger partial charge in [0, 0.05) is 6.04 Å². The number of hydrogen-bond acceptors (Lipinski definition) is 2. The van der Waals surface area contributed by atoms with Crippen LogP contribution in [0.5, 0.6) is 0 Å². The molecule has 0 spiro atoms. The summed E-state index contributed by atoms with van der Waals surface area (Å²) in [7, 11) is 0. The van der Waals surface area contributed by atoms with Gasteiger partial charge in [-0.2, -0.15) is 0 Å². The van der Waals surface area contributed by atoms with E-state index in [1.165, 1.54) is 31.2 Å². The Balaban J connectivity index is 1.38. The molecule has 0 heterocycles. The molecule has 5 aliphatic carbocycles. The lowest BCUT2D eigenvalue weighted by molar-refractivity contribution is -0.157. The van der Waals surface area contributed by atoms with Crippen molar-refractivity contribution in [3.8, 4) is 0 Å². The lowest BCUT2D eigenvalue weighted by atomic mass is 9.40. The second-order valence-corrected chi connectivity index (χ2v) is 10.7. The summed E-state index contributed by atoms with van der Waals surface area (Å²) in [5.74, 6) is 3.23. The molecule has 2 atom stereocenters. The molecule has 28 heavy (non-hydrogen) atoms. The fraction of sp³-hybridized carbons (Fsp3) is 0.720. The van der Waals surface area contributed by atoms with Gasteiger partial charge in [0.05, 0.1) is 5.41 Å². The van der Waals surface area contributed by atoms with Gasteiger partial charge in [0.1, 0.15) is 0 Å². The number of hydrogen-bond donors (Lipinski definition) is 2. The summed E-state index contributed by atoms with van der Waals surface area (Å²) in [6.45, 7) is 3.25. The number of benzene rings is 1. The van der Waals surface area contributed by atoms with Crippen molar-refractivity contribution in [3.63, 3.8) is 0 Å². The van der Waals surface area contributed by atoms with Crippen molar-refractivity contribution < 1.29 is 4.79 Å². The Bertz CT molecular complexity index is 705. The van der Waals surface area contributed by atoms with Gasteiger partial charge >= 0.3 is 0 Å². The van der Waals surface area contributed by atoms with E-state index >= 15 is 0 Å². The highest BCUT2D eigenvalue weighted by molar-refractivity contribution is 5.84. The van der Waals surface area contributed by atoms with Crippen LogP contribution in [0.25, 0.3) is 0 Å². The molecule has 0 aliphatic heterocycles. The van der Waals surface area contributed by atoms with Gasteiger partial charge in [-0.1, -0.05) is 37.3 Å². The predicted molar refractivity (Wildman–Crippen MR) is 113 cm³/mol. The molecule has 2 unspecified atom stereocenters. The highest BCUT2D eigenvalue weighted by Gasteiger charge is 2.63. The minimum absolute atomic E-state index is 0.126. The zero-order valence-electron chi connectivity index (χ0n) is 17.3. The Morgan fingerprint density at radius 3 is 2.29 bits per heavy atom. The number of nitrogens with one attached hydrogen (secondary N) is 1. The smallest absolute Gasteiger partial charge is 0.226 e. The Kier molecular flexibility index (Phi) is 4.58. The van der Waals surface area contributed by atoms with Crippen molar-refractivity contribution in [2.24, 2.45) is 34.8 Å². The van der Waals surface area contributed by atoms with Gasteiger partial charge in [-0.15, -0.1) is 0 Å². The van der Waals surface area contributed by atoms with E-state index in [1.807, 2.05) is 0 Å². The van der Waals surface area contributed by atoms with Crippen LogP contribution >= 0.6 is 0 Å². The third-order valence-corrected chi connectivity index (χ3v) is 9.16. The van der Waals surface area contributed by atoms with E-state index in [0.717, 1.165) is 44.6 Å². The normalized spacial score (nSPS) is 44.4. The third kappa shape index (κ3) is 2.93.